The molecule has 7 heteroatoms. The van der Waals surface area contributed by atoms with E-state index in [2.05, 4.69) is 10.5 Å². The maximum absolute atomic E-state index is 13.3. The Morgan fingerprint density at radius 2 is 1.94 bits per heavy atom. The number of hydrogen-bond acceptors (Lipinski definition) is 5. The maximum atomic E-state index is 13.3. The van der Waals surface area contributed by atoms with Gasteiger partial charge >= 0.3 is 0 Å². The monoisotopic (exact) mass is 339 g/mol. The van der Waals surface area contributed by atoms with E-state index >= 15 is 0 Å². The van der Waals surface area contributed by atoms with Crippen molar-refractivity contribution in [3.63, 3.8) is 0 Å². The quantitative estimate of drug-likeness (QED) is 0.507. The molecule has 0 aromatic heterocycles. The number of anilines is 1. The first kappa shape index (κ1) is 12.9. The molecule has 5 nitrogen and oxygen atoms in total. The molecule has 1 aromatic carbocycles. The van der Waals surface area contributed by atoms with Crippen LogP contribution in [-0.4, -0.2) is 5.71 Å². The van der Waals surface area contributed by atoms with Gasteiger partial charge in [0.05, 0.1) is 11.3 Å². The smallest absolute Gasteiger partial charge is 0.237 e. The van der Waals surface area contributed by atoms with E-state index in [4.69, 9.17) is 15.8 Å². The molecule has 0 radical (unpaired) electrons. The number of halogens is 2. The van der Waals surface area contributed by atoms with E-state index in [0.717, 1.165) is 6.07 Å². The van der Waals surface area contributed by atoms with Crippen molar-refractivity contribution in [2.45, 2.75) is 0 Å². The molecule has 0 aliphatic carbocycles. The minimum absolute atomic E-state index is 0.0790. The molecule has 0 amide bonds. The Hall–Kier alpha value is -2.18. The highest BCUT2D eigenvalue weighted by molar-refractivity contribution is 14.1. The number of hydrogen-bond donors (Lipinski definition) is 1. The summed E-state index contributed by atoms with van der Waals surface area (Å²) in [4.78, 5) is 0. The van der Waals surface area contributed by atoms with Crippen molar-refractivity contribution in [3.05, 3.63) is 27.1 Å². The predicted octanol–water partition coefficient (Wildman–Crippen LogP) is 2.12. The minimum atomic E-state index is -0.693. The van der Waals surface area contributed by atoms with Crippen LogP contribution < -0.4 is 5.43 Å². The van der Waals surface area contributed by atoms with Crippen LogP contribution in [0.5, 0.6) is 0 Å². The minimum Gasteiger partial charge on any atom is -0.275 e. The second-order valence-corrected chi connectivity index (χ2v) is 3.88. The lowest BCUT2D eigenvalue weighted by molar-refractivity contribution is 0.624. The SMILES string of the molecule is N#CC(C#N)=NNc1cc(F)c(C#N)cc1I. The van der Waals surface area contributed by atoms with Crippen LogP contribution in [0, 0.1) is 43.4 Å². The zero-order valence-corrected chi connectivity index (χ0v) is 10.4. The van der Waals surface area contributed by atoms with Gasteiger partial charge in [0.1, 0.15) is 24.0 Å². The van der Waals surface area contributed by atoms with E-state index < -0.39 is 5.82 Å². The van der Waals surface area contributed by atoms with Crippen LogP contribution in [0.1, 0.15) is 5.56 Å². The fourth-order valence-electron chi connectivity index (χ4n) is 0.909. The third-order valence-electron chi connectivity index (χ3n) is 1.68. The summed E-state index contributed by atoms with van der Waals surface area (Å²) in [5.41, 5.74) is 2.23. The molecular weight excluding hydrogens is 336 g/mol. The van der Waals surface area contributed by atoms with Gasteiger partial charge in [0, 0.05) is 9.64 Å². The average Bonchev–Trinajstić information content (AvgIpc) is 2.34. The van der Waals surface area contributed by atoms with Crippen LogP contribution in [0.3, 0.4) is 0 Å². The molecule has 1 N–H and O–H groups in total. The van der Waals surface area contributed by atoms with Crippen molar-refractivity contribution >= 4 is 34.0 Å². The lowest BCUT2D eigenvalue weighted by Crippen LogP contribution is -1.99. The van der Waals surface area contributed by atoms with Crippen molar-refractivity contribution in [2.24, 2.45) is 5.10 Å². The van der Waals surface area contributed by atoms with Crippen LogP contribution in [0.2, 0.25) is 0 Å². The van der Waals surface area contributed by atoms with Crippen LogP contribution >= 0.6 is 22.6 Å². The maximum Gasteiger partial charge on any atom is 0.237 e. The summed E-state index contributed by atoms with van der Waals surface area (Å²) < 4.78 is 13.8. The fraction of sp³-hybridized carbons (Fsp3) is 0. The first-order valence-electron chi connectivity index (χ1n) is 4.15. The second-order valence-electron chi connectivity index (χ2n) is 2.72. The van der Waals surface area contributed by atoms with Crippen LogP contribution in [-0.2, 0) is 0 Å². The number of nitriles is 3. The van der Waals surface area contributed by atoms with Gasteiger partial charge in [-0.05, 0) is 28.7 Å². The van der Waals surface area contributed by atoms with Gasteiger partial charge in [0.15, 0.2) is 0 Å². The van der Waals surface area contributed by atoms with Crippen molar-refractivity contribution in [1.29, 1.82) is 15.8 Å². The van der Waals surface area contributed by atoms with Gasteiger partial charge in [-0.2, -0.15) is 20.9 Å². The van der Waals surface area contributed by atoms with Gasteiger partial charge in [-0.25, -0.2) is 4.39 Å². The third kappa shape index (κ3) is 3.13. The first-order valence-corrected chi connectivity index (χ1v) is 5.23. The molecule has 0 saturated carbocycles. The van der Waals surface area contributed by atoms with E-state index in [1.54, 1.807) is 18.2 Å². The Bertz CT molecular complexity index is 587. The standard InChI is InChI=1S/C10H3FIN5/c11-8-2-10(9(12)1-6(8)3-13)17-16-7(4-14)5-15/h1-2,17H. The third-order valence-corrected chi connectivity index (χ3v) is 2.57. The Morgan fingerprint density at radius 1 is 1.29 bits per heavy atom. The molecule has 0 saturated heterocycles. The van der Waals surface area contributed by atoms with Crippen molar-refractivity contribution in [1.82, 2.24) is 0 Å². The molecule has 0 unspecified atom stereocenters. The zero-order chi connectivity index (χ0) is 12.8. The number of benzene rings is 1. The Morgan fingerprint density at radius 3 is 2.47 bits per heavy atom. The molecule has 1 aromatic rings. The summed E-state index contributed by atoms with van der Waals surface area (Å²) in [6.45, 7) is 0. The molecular formula is C10H3FIN5. The van der Waals surface area contributed by atoms with Crippen molar-refractivity contribution in [2.75, 3.05) is 5.43 Å². The second kappa shape index (κ2) is 5.78. The first-order chi connectivity index (χ1) is 8.12. The molecule has 17 heavy (non-hydrogen) atoms. The van der Waals surface area contributed by atoms with Gasteiger partial charge in [-0.1, -0.05) is 0 Å². The summed E-state index contributed by atoms with van der Waals surface area (Å²) in [5.74, 6) is -0.693. The summed E-state index contributed by atoms with van der Waals surface area (Å²) in [6.07, 6.45) is 0. The normalized spacial score (nSPS) is 8.41. The molecule has 0 aliphatic rings. The number of hydrazone groups is 1. The van der Waals surface area contributed by atoms with Gasteiger partial charge in [-0.15, -0.1) is 0 Å². The van der Waals surface area contributed by atoms with Crippen LogP contribution in [0.4, 0.5) is 10.1 Å². The van der Waals surface area contributed by atoms with Gasteiger partial charge in [0.25, 0.3) is 0 Å². The molecule has 0 heterocycles. The van der Waals surface area contributed by atoms with Gasteiger partial charge in [0.2, 0.25) is 5.71 Å². The highest BCUT2D eigenvalue weighted by Gasteiger charge is 2.07. The van der Waals surface area contributed by atoms with E-state index in [-0.39, 0.29) is 17.0 Å². The average molecular weight is 339 g/mol. The molecule has 1 rings (SSSR count). The van der Waals surface area contributed by atoms with Crippen LogP contribution in [0.15, 0.2) is 17.2 Å². The lowest BCUT2D eigenvalue weighted by atomic mass is 10.2. The van der Waals surface area contributed by atoms with E-state index in [1.807, 2.05) is 22.6 Å². The Labute approximate surface area is 110 Å². The summed E-state index contributed by atoms with van der Waals surface area (Å²) in [5, 5.41) is 29.0. The highest BCUT2D eigenvalue weighted by atomic mass is 127. The summed E-state index contributed by atoms with van der Waals surface area (Å²) in [7, 11) is 0. The topological polar surface area (TPSA) is 95.8 Å². The molecule has 0 spiro atoms. The Kier molecular flexibility index (Phi) is 4.38. The van der Waals surface area contributed by atoms with Crippen molar-refractivity contribution < 1.29 is 4.39 Å². The number of rotatable bonds is 2. The number of nitrogens with one attached hydrogen (secondary N) is 1. The summed E-state index contributed by atoms with van der Waals surface area (Å²) in [6, 6.07) is 7.23. The van der Waals surface area contributed by atoms with E-state index in [9.17, 15) is 4.39 Å². The molecule has 0 fully saturated rings. The summed E-state index contributed by atoms with van der Waals surface area (Å²) >= 11 is 1.88. The zero-order valence-electron chi connectivity index (χ0n) is 8.20. The predicted molar refractivity (Wildman–Crippen MR) is 66.1 cm³/mol. The van der Waals surface area contributed by atoms with Crippen LogP contribution in [0.25, 0.3) is 0 Å². The molecule has 82 valence electrons. The molecule has 0 bridgehead atoms. The van der Waals surface area contributed by atoms with E-state index in [1.165, 1.54) is 6.07 Å². The van der Waals surface area contributed by atoms with Gasteiger partial charge < -0.3 is 0 Å². The van der Waals surface area contributed by atoms with Gasteiger partial charge in [-0.3, -0.25) is 5.43 Å². The largest absolute Gasteiger partial charge is 0.275 e. The highest BCUT2D eigenvalue weighted by Crippen LogP contribution is 2.22. The Balaban J connectivity index is 3.08. The van der Waals surface area contributed by atoms with Crippen molar-refractivity contribution in [3.8, 4) is 18.2 Å². The molecule has 0 aliphatic heterocycles. The van der Waals surface area contributed by atoms with E-state index in [0.29, 0.717) is 3.57 Å². The lowest BCUT2D eigenvalue weighted by Gasteiger charge is -2.04. The number of nitrogens with zero attached hydrogens (tertiary/aromatic N) is 4. The molecule has 0 atom stereocenters. The fourth-order valence-corrected chi connectivity index (χ4v) is 1.50.